The number of anilines is 1. The Hall–Kier alpha value is -2.95. The smallest absolute Gasteiger partial charge is 0.306 e. The van der Waals surface area contributed by atoms with Crippen LogP contribution in [0.2, 0.25) is 0 Å². The second kappa shape index (κ2) is 9.51. The maximum absolute atomic E-state index is 12.1. The number of hydrogen-bond acceptors (Lipinski definition) is 4. The van der Waals surface area contributed by atoms with Gasteiger partial charge in [-0.05, 0) is 32.4 Å². The summed E-state index contributed by atoms with van der Waals surface area (Å²) >= 11 is 0. The SMILES string of the molecule is Cc1ccc(NC(=O)CCCC(=O)O[C@H](C)C(=O)c2ccccc2)cc1. The lowest BCUT2D eigenvalue weighted by atomic mass is 10.1. The fraction of sp³-hybridized carbons (Fsp3) is 0.286. The Balaban J connectivity index is 1.70. The molecule has 0 bridgehead atoms. The summed E-state index contributed by atoms with van der Waals surface area (Å²) in [7, 11) is 0. The van der Waals surface area contributed by atoms with Gasteiger partial charge in [0.25, 0.3) is 0 Å². The first kappa shape index (κ1) is 19.4. The van der Waals surface area contributed by atoms with E-state index in [0.29, 0.717) is 12.0 Å². The topological polar surface area (TPSA) is 72.5 Å². The molecule has 1 atom stereocenters. The molecule has 0 heterocycles. The van der Waals surface area contributed by atoms with Gasteiger partial charge in [0.05, 0.1) is 0 Å². The van der Waals surface area contributed by atoms with Gasteiger partial charge in [-0.1, -0.05) is 48.0 Å². The molecule has 1 N–H and O–H groups in total. The van der Waals surface area contributed by atoms with Gasteiger partial charge in [0.2, 0.25) is 11.7 Å². The summed E-state index contributed by atoms with van der Waals surface area (Å²) in [5.74, 6) is -0.879. The first-order chi connectivity index (χ1) is 12.5. The van der Waals surface area contributed by atoms with Crippen LogP contribution in [0.5, 0.6) is 0 Å². The number of carbonyl (C=O) groups is 3. The van der Waals surface area contributed by atoms with Crippen LogP contribution in [-0.4, -0.2) is 23.8 Å². The number of aryl methyl sites for hydroxylation is 1. The average Bonchev–Trinajstić information content (AvgIpc) is 2.63. The molecule has 2 aromatic rings. The number of rotatable bonds is 8. The highest BCUT2D eigenvalue weighted by atomic mass is 16.5. The number of carbonyl (C=O) groups excluding carboxylic acids is 3. The van der Waals surface area contributed by atoms with E-state index in [1.54, 1.807) is 31.2 Å². The Morgan fingerprint density at radius 1 is 0.962 bits per heavy atom. The molecule has 2 aromatic carbocycles. The second-order valence-corrected chi connectivity index (χ2v) is 6.13. The van der Waals surface area contributed by atoms with Gasteiger partial charge in [-0.2, -0.15) is 0 Å². The third-order valence-electron chi connectivity index (χ3n) is 3.86. The van der Waals surface area contributed by atoms with Gasteiger partial charge >= 0.3 is 5.97 Å². The normalized spacial score (nSPS) is 11.5. The number of ether oxygens (including phenoxy) is 1. The maximum Gasteiger partial charge on any atom is 0.306 e. The largest absolute Gasteiger partial charge is 0.454 e. The second-order valence-electron chi connectivity index (χ2n) is 6.13. The van der Waals surface area contributed by atoms with Crippen molar-refractivity contribution in [2.24, 2.45) is 0 Å². The lowest BCUT2D eigenvalue weighted by Gasteiger charge is -2.12. The zero-order valence-corrected chi connectivity index (χ0v) is 15.0. The van der Waals surface area contributed by atoms with Crippen molar-refractivity contribution in [3.63, 3.8) is 0 Å². The van der Waals surface area contributed by atoms with Gasteiger partial charge < -0.3 is 10.1 Å². The van der Waals surface area contributed by atoms with Crippen LogP contribution < -0.4 is 5.32 Å². The van der Waals surface area contributed by atoms with Crippen molar-refractivity contribution >= 4 is 23.3 Å². The molecular formula is C21H23NO4. The number of Topliss-reactive ketones (excluding diaryl/α,β-unsaturated/α-hetero) is 1. The predicted molar refractivity (Wildman–Crippen MR) is 100.0 cm³/mol. The Labute approximate surface area is 153 Å². The summed E-state index contributed by atoms with van der Waals surface area (Å²) in [6.45, 7) is 3.53. The van der Waals surface area contributed by atoms with E-state index < -0.39 is 12.1 Å². The third kappa shape index (κ3) is 6.16. The molecule has 0 aliphatic heterocycles. The molecule has 0 aliphatic carbocycles. The van der Waals surface area contributed by atoms with E-state index in [9.17, 15) is 14.4 Å². The van der Waals surface area contributed by atoms with E-state index in [2.05, 4.69) is 5.32 Å². The monoisotopic (exact) mass is 353 g/mol. The Kier molecular flexibility index (Phi) is 7.09. The van der Waals surface area contributed by atoms with Crippen LogP contribution in [0.25, 0.3) is 0 Å². The number of hydrogen-bond donors (Lipinski definition) is 1. The van der Waals surface area contributed by atoms with Gasteiger partial charge in [-0.25, -0.2) is 0 Å². The van der Waals surface area contributed by atoms with Crippen molar-refractivity contribution in [1.29, 1.82) is 0 Å². The Bertz CT molecular complexity index is 753. The molecule has 26 heavy (non-hydrogen) atoms. The van der Waals surface area contributed by atoms with Crippen molar-refractivity contribution in [1.82, 2.24) is 0 Å². The molecule has 0 aromatic heterocycles. The predicted octanol–water partition coefficient (Wildman–Crippen LogP) is 3.92. The molecule has 0 fully saturated rings. The van der Waals surface area contributed by atoms with E-state index in [4.69, 9.17) is 4.74 Å². The molecule has 136 valence electrons. The van der Waals surface area contributed by atoms with Crippen molar-refractivity contribution in [3.05, 3.63) is 65.7 Å². The van der Waals surface area contributed by atoms with Crippen LogP contribution in [0.15, 0.2) is 54.6 Å². The summed E-state index contributed by atoms with van der Waals surface area (Å²) in [5, 5.41) is 2.78. The highest BCUT2D eigenvalue weighted by Gasteiger charge is 2.19. The molecular weight excluding hydrogens is 330 g/mol. The number of ketones is 1. The van der Waals surface area contributed by atoms with Gasteiger partial charge in [0.15, 0.2) is 6.10 Å². The summed E-state index contributed by atoms with van der Waals surface area (Å²) in [6.07, 6.45) is -0.174. The standard InChI is InChI=1S/C21H23NO4/c1-15-11-13-18(14-12-15)22-19(23)9-6-10-20(24)26-16(2)21(25)17-7-4-3-5-8-17/h3-5,7-8,11-14,16H,6,9-10H2,1-2H3,(H,22,23)/t16-/m1/s1. The molecule has 2 rings (SSSR count). The fourth-order valence-corrected chi connectivity index (χ4v) is 2.40. The van der Waals surface area contributed by atoms with E-state index in [1.807, 2.05) is 37.3 Å². The Morgan fingerprint density at radius 3 is 2.27 bits per heavy atom. The maximum atomic E-state index is 12.1. The molecule has 0 radical (unpaired) electrons. The van der Waals surface area contributed by atoms with E-state index in [0.717, 1.165) is 11.3 Å². The highest BCUT2D eigenvalue weighted by Crippen LogP contribution is 2.11. The van der Waals surface area contributed by atoms with Crippen molar-refractivity contribution < 1.29 is 19.1 Å². The summed E-state index contributed by atoms with van der Waals surface area (Å²) < 4.78 is 5.16. The first-order valence-electron chi connectivity index (χ1n) is 8.61. The molecule has 0 spiro atoms. The summed E-state index contributed by atoms with van der Waals surface area (Å²) in [4.78, 5) is 35.9. The van der Waals surface area contributed by atoms with Crippen LogP contribution in [-0.2, 0) is 14.3 Å². The highest BCUT2D eigenvalue weighted by molar-refractivity contribution is 6.00. The third-order valence-corrected chi connectivity index (χ3v) is 3.86. The van der Waals surface area contributed by atoms with Gasteiger partial charge in [-0.3, -0.25) is 14.4 Å². The molecule has 0 aliphatic rings. The lowest BCUT2D eigenvalue weighted by Crippen LogP contribution is -2.24. The lowest BCUT2D eigenvalue weighted by molar-refractivity contribution is -0.146. The van der Waals surface area contributed by atoms with Crippen molar-refractivity contribution in [2.75, 3.05) is 5.32 Å². The van der Waals surface area contributed by atoms with Crippen LogP contribution in [0.4, 0.5) is 5.69 Å². The number of nitrogens with one attached hydrogen (secondary N) is 1. The molecule has 0 saturated carbocycles. The summed E-state index contributed by atoms with van der Waals surface area (Å²) in [6, 6.07) is 16.2. The fourth-order valence-electron chi connectivity index (χ4n) is 2.40. The van der Waals surface area contributed by atoms with Gasteiger partial charge in [0.1, 0.15) is 0 Å². The first-order valence-corrected chi connectivity index (χ1v) is 8.61. The van der Waals surface area contributed by atoms with Crippen LogP contribution in [0.3, 0.4) is 0 Å². The van der Waals surface area contributed by atoms with Crippen LogP contribution >= 0.6 is 0 Å². The molecule has 0 saturated heterocycles. The number of esters is 1. The average molecular weight is 353 g/mol. The van der Waals surface area contributed by atoms with E-state index >= 15 is 0 Å². The van der Waals surface area contributed by atoms with Gasteiger partial charge in [0, 0.05) is 24.1 Å². The van der Waals surface area contributed by atoms with E-state index in [-0.39, 0.29) is 24.5 Å². The molecule has 0 unspecified atom stereocenters. The minimum Gasteiger partial charge on any atom is -0.454 e. The minimum absolute atomic E-state index is 0.0910. The zero-order valence-electron chi connectivity index (χ0n) is 15.0. The van der Waals surface area contributed by atoms with Crippen molar-refractivity contribution in [3.8, 4) is 0 Å². The molecule has 5 nitrogen and oxygen atoms in total. The molecule has 5 heteroatoms. The number of amides is 1. The summed E-state index contributed by atoms with van der Waals surface area (Å²) in [5.41, 5.74) is 2.35. The number of benzene rings is 2. The quantitative estimate of drug-likeness (QED) is 0.577. The van der Waals surface area contributed by atoms with Crippen LogP contribution in [0.1, 0.15) is 42.1 Å². The molecule has 1 amide bonds. The zero-order chi connectivity index (χ0) is 18.9. The minimum atomic E-state index is -0.841. The van der Waals surface area contributed by atoms with Crippen LogP contribution in [0, 0.1) is 6.92 Å². The Morgan fingerprint density at radius 2 is 1.62 bits per heavy atom. The van der Waals surface area contributed by atoms with Crippen molar-refractivity contribution in [2.45, 2.75) is 39.2 Å². The van der Waals surface area contributed by atoms with E-state index in [1.165, 1.54) is 0 Å². The van der Waals surface area contributed by atoms with Gasteiger partial charge in [-0.15, -0.1) is 0 Å².